The van der Waals surface area contributed by atoms with Crippen molar-refractivity contribution in [2.75, 3.05) is 27.9 Å². The molecule has 3 rings (SSSR count). The summed E-state index contributed by atoms with van der Waals surface area (Å²) >= 11 is 0. The number of aromatic nitrogens is 1. The number of amides is 1. The molecule has 2 aromatic rings. The third-order valence-corrected chi connectivity index (χ3v) is 4.36. The lowest BCUT2D eigenvalue weighted by atomic mass is 10.1. The molecule has 0 atom stereocenters. The third kappa shape index (κ3) is 4.61. The topological polar surface area (TPSA) is 78.9 Å². The largest absolute Gasteiger partial charge is 0.493 e. The first-order chi connectivity index (χ1) is 13.2. The molecule has 7 heteroatoms. The summed E-state index contributed by atoms with van der Waals surface area (Å²) in [4.78, 5) is 16.9. The van der Waals surface area contributed by atoms with Crippen LogP contribution in [0.1, 0.15) is 28.8 Å². The number of methoxy groups -OCH3 is 3. The SMILES string of the molecule is COc1ccc(C(=O)NCc2ccc(OCC3CC3)nc2)c(OC)c1OC. The fraction of sp³-hybridized carbons (Fsp3) is 0.400. The van der Waals surface area contributed by atoms with Crippen LogP contribution in [0.25, 0.3) is 0 Å². The molecule has 0 saturated heterocycles. The van der Waals surface area contributed by atoms with Crippen LogP contribution in [0, 0.1) is 5.92 Å². The number of carbonyl (C=O) groups is 1. The average Bonchev–Trinajstić information content (AvgIpc) is 3.54. The highest BCUT2D eigenvalue weighted by Crippen LogP contribution is 2.39. The van der Waals surface area contributed by atoms with E-state index in [1.165, 1.54) is 34.2 Å². The minimum atomic E-state index is -0.276. The monoisotopic (exact) mass is 372 g/mol. The van der Waals surface area contributed by atoms with E-state index in [1.54, 1.807) is 18.3 Å². The van der Waals surface area contributed by atoms with E-state index >= 15 is 0 Å². The first-order valence-electron chi connectivity index (χ1n) is 8.81. The van der Waals surface area contributed by atoms with Gasteiger partial charge in [-0.15, -0.1) is 0 Å². The Bertz CT molecular complexity index is 788. The number of carbonyl (C=O) groups excluding carboxylic acids is 1. The Morgan fingerprint density at radius 1 is 1.07 bits per heavy atom. The standard InChI is InChI=1S/C20H24N2O5/c1-24-16-8-7-15(18(25-2)19(16)26-3)20(23)22-11-14-6-9-17(21-10-14)27-12-13-4-5-13/h6-10,13H,4-5,11-12H2,1-3H3,(H,22,23). The van der Waals surface area contributed by atoms with Crippen molar-refractivity contribution in [3.8, 4) is 23.1 Å². The summed E-state index contributed by atoms with van der Waals surface area (Å²) in [6.45, 7) is 1.06. The van der Waals surface area contributed by atoms with E-state index in [4.69, 9.17) is 18.9 Å². The molecule has 0 unspecified atom stereocenters. The highest BCUT2D eigenvalue weighted by Gasteiger charge is 2.22. The van der Waals surface area contributed by atoms with Gasteiger partial charge in [-0.05, 0) is 36.5 Å². The van der Waals surface area contributed by atoms with E-state index < -0.39 is 0 Å². The van der Waals surface area contributed by atoms with Gasteiger partial charge in [0.2, 0.25) is 11.6 Å². The summed E-state index contributed by atoms with van der Waals surface area (Å²) in [6.07, 6.45) is 4.18. The molecule has 144 valence electrons. The van der Waals surface area contributed by atoms with Crippen LogP contribution in [-0.4, -0.2) is 38.8 Å². The zero-order valence-electron chi connectivity index (χ0n) is 15.8. The molecular formula is C20H24N2O5. The molecule has 7 nitrogen and oxygen atoms in total. The Labute approximate surface area is 158 Å². The van der Waals surface area contributed by atoms with Crippen LogP contribution in [0.15, 0.2) is 30.5 Å². The number of nitrogens with one attached hydrogen (secondary N) is 1. The lowest BCUT2D eigenvalue weighted by molar-refractivity contribution is 0.0947. The minimum absolute atomic E-state index is 0.276. The van der Waals surface area contributed by atoms with Crippen molar-refractivity contribution in [3.05, 3.63) is 41.6 Å². The predicted molar refractivity (Wildman–Crippen MR) is 99.7 cm³/mol. The van der Waals surface area contributed by atoms with Crippen molar-refractivity contribution >= 4 is 5.91 Å². The van der Waals surface area contributed by atoms with Gasteiger partial charge in [0, 0.05) is 18.8 Å². The van der Waals surface area contributed by atoms with Crippen LogP contribution in [-0.2, 0) is 6.54 Å². The molecular weight excluding hydrogens is 348 g/mol. The van der Waals surface area contributed by atoms with Crippen molar-refractivity contribution in [1.29, 1.82) is 0 Å². The van der Waals surface area contributed by atoms with Gasteiger partial charge in [-0.2, -0.15) is 0 Å². The maximum atomic E-state index is 12.6. The van der Waals surface area contributed by atoms with Gasteiger partial charge in [0.05, 0.1) is 33.5 Å². The van der Waals surface area contributed by atoms with Crippen LogP contribution >= 0.6 is 0 Å². The molecule has 27 heavy (non-hydrogen) atoms. The van der Waals surface area contributed by atoms with Gasteiger partial charge in [0.25, 0.3) is 5.91 Å². The Morgan fingerprint density at radius 2 is 1.85 bits per heavy atom. The molecule has 1 N–H and O–H groups in total. The number of ether oxygens (including phenoxy) is 4. The van der Waals surface area contributed by atoms with Crippen molar-refractivity contribution in [2.24, 2.45) is 5.92 Å². The Hall–Kier alpha value is -2.96. The van der Waals surface area contributed by atoms with E-state index in [1.807, 2.05) is 12.1 Å². The summed E-state index contributed by atoms with van der Waals surface area (Å²) in [5.41, 5.74) is 1.24. The number of nitrogens with zero attached hydrogens (tertiary/aromatic N) is 1. The number of pyridine rings is 1. The summed E-state index contributed by atoms with van der Waals surface area (Å²) in [5.74, 6) is 2.22. The van der Waals surface area contributed by atoms with Crippen LogP contribution in [0.4, 0.5) is 0 Å². The number of hydrogen-bond acceptors (Lipinski definition) is 6. The van der Waals surface area contributed by atoms with Crippen molar-refractivity contribution in [3.63, 3.8) is 0 Å². The van der Waals surface area contributed by atoms with Crippen LogP contribution in [0.3, 0.4) is 0 Å². The molecule has 1 aromatic carbocycles. The van der Waals surface area contributed by atoms with Gasteiger partial charge in [-0.3, -0.25) is 4.79 Å². The predicted octanol–water partition coefficient (Wildman–Crippen LogP) is 2.83. The fourth-order valence-corrected chi connectivity index (χ4v) is 2.65. The molecule has 1 saturated carbocycles. The van der Waals surface area contributed by atoms with Crippen molar-refractivity contribution in [2.45, 2.75) is 19.4 Å². The van der Waals surface area contributed by atoms with Gasteiger partial charge < -0.3 is 24.3 Å². The smallest absolute Gasteiger partial charge is 0.255 e. The second kappa shape index (κ2) is 8.62. The number of benzene rings is 1. The molecule has 1 aliphatic carbocycles. The minimum Gasteiger partial charge on any atom is -0.493 e. The second-order valence-electron chi connectivity index (χ2n) is 6.32. The summed E-state index contributed by atoms with van der Waals surface area (Å²) < 4.78 is 21.5. The summed E-state index contributed by atoms with van der Waals surface area (Å²) in [6, 6.07) is 7.02. The van der Waals surface area contributed by atoms with Gasteiger partial charge in [-0.25, -0.2) is 4.98 Å². The first kappa shape index (κ1) is 18.8. The molecule has 1 fully saturated rings. The lowest BCUT2D eigenvalue weighted by Crippen LogP contribution is -2.23. The van der Waals surface area contributed by atoms with Crippen LogP contribution in [0.5, 0.6) is 23.1 Å². The zero-order chi connectivity index (χ0) is 19.2. The van der Waals surface area contributed by atoms with E-state index in [9.17, 15) is 4.79 Å². The lowest BCUT2D eigenvalue weighted by Gasteiger charge is -2.15. The molecule has 0 bridgehead atoms. The van der Waals surface area contributed by atoms with E-state index in [0.717, 1.165) is 12.2 Å². The summed E-state index contributed by atoms with van der Waals surface area (Å²) in [7, 11) is 4.51. The first-order valence-corrected chi connectivity index (χ1v) is 8.81. The Balaban J connectivity index is 1.63. The third-order valence-electron chi connectivity index (χ3n) is 4.36. The Kier molecular flexibility index (Phi) is 6.01. The number of hydrogen-bond donors (Lipinski definition) is 1. The van der Waals surface area contributed by atoms with Crippen LogP contribution < -0.4 is 24.3 Å². The van der Waals surface area contributed by atoms with E-state index in [0.29, 0.717) is 41.2 Å². The zero-order valence-corrected chi connectivity index (χ0v) is 15.8. The maximum absolute atomic E-state index is 12.6. The van der Waals surface area contributed by atoms with Crippen molar-refractivity contribution < 1.29 is 23.7 Å². The molecule has 0 spiro atoms. The highest BCUT2D eigenvalue weighted by atomic mass is 16.5. The van der Waals surface area contributed by atoms with Crippen LogP contribution in [0.2, 0.25) is 0 Å². The molecule has 0 radical (unpaired) electrons. The van der Waals surface area contributed by atoms with Gasteiger partial charge in [0.1, 0.15) is 0 Å². The quantitative estimate of drug-likeness (QED) is 0.729. The van der Waals surface area contributed by atoms with Gasteiger partial charge >= 0.3 is 0 Å². The van der Waals surface area contributed by atoms with Gasteiger partial charge in [-0.1, -0.05) is 6.07 Å². The maximum Gasteiger partial charge on any atom is 0.255 e. The van der Waals surface area contributed by atoms with E-state index in [-0.39, 0.29) is 5.91 Å². The Morgan fingerprint density at radius 3 is 2.44 bits per heavy atom. The molecule has 0 aliphatic heterocycles. The molecule has 1 aliphatic rings. The van der Waals surface area contributed by atoms with E-state index in [2.05, 4.69) is 10.3 Å². The number of rotatable bonds is 9. The summed E-state index contributed by atoms with van der Waals surface area (Å²) in [5, 5.41) is 2.86. The normalized spacial score (nSPS) is 13.0. The highest BCUT2D eigenvalue weighted by molar-refractivity contribution is 5.98. The molecule has 1 aromatic heterocycles. The fourth-order valence-electron chi connectivity index (χ4n) is 2.65. The molecule has 1 heterocycles. The van der Waals surface area contributed by atoms with Crippen molar-refractivity contribution in [1.82, 2.24) is 10.3 Å². The van der Waals surface area contributed by atoms with Gasteiger partial charge in [0.15, 0.2) is 11.5 Å². The second-order valence-corrected chi connectivity index (χ2v) is 6.32. The average molecular weight is 372 g/mol. The molecule has 1 amide bonds.